The summed E-state index contributed by atoms with van der Waals surface area (Å²) in [4.78, 5) is 60.0. The van der Waals surface area contributed by atoms with Crippen molar-refractivity contribution in [3.05, 3.63) is 69.8 Å². The van der Waals surface area contributed by atoms with E-state index in [0.29, 0.717) is 33.7 Å². The van der Waals surface area contributed by atoms with Gasteiger partial charge in [-0.25, -0.2) is 23.1 Å². The Morgan fingerprint density at radius 3 is 2.56 bits per heavy atom. The molecule has 55 heavy (non-hydrogen) atoms. The zero-order chi connectivity index (χ0) is 38.5. The van der Waals surface area contributed by atoms with E-state index in [1.54, 1.807) is 34.6 Å². The second kappa shape index (κ2) is 14.8. The third kappa shape index (κ3) is 6.88. The van der Waals surface area contributed by atoms with Gasteiger partial charge in [-0.1, -0.05) is 11.6 Å². The number of carbonyl (C=O) groups is 3. The van der Waals surface area contributed by atoms with Crippen molar-refractivity contribution in [2.45, 2.75) is 75.9 Å². The number of fused-ring (bicyclic) bond motifs is 2. The zero-order valence-corrected chi connectivity index (χ0v) is 31.3. The molecule has 1 atom stereocenters. The summed E-state index contributed by atoms with van der Waals surface area (Å²) in [5.41, 5.74) is 1.73. The van der Waals surface area contributed by atoms with Crippen LogP contribution in [0.1, 0.15) is 85.9 Å². The lowest BCUT2D eigenvalue weighted by molar-refractivity contribution is -0.135. The van der Waals surface area contributed by atoms with Crippen LogP contribution in [-0.2, 0) is 16.6 Å². The van der Waals surface area contributed by atoms with E-state index in [1.807, 2.05) is 6.07 Å². The minimum absolute atomic E-state index is 0.0167. The number of alkyl halides is 2. The van der Waals surface area contributed by atoms with E-state index in [-0.39, 0.29) is 41.7 Å². The molecule has 1 aliphatic carbocycles. The molecule has 3 fully saturated rings. The molecule has 5 aromatic rings. The highest BCUT2D eigenvalue weighted by Gasteiger charge is 2.34. The lowest BCUT2D eigenvalue weighted by Gasteiger charge is -2.40. The average Bonchev–Trinajstić information content (AvgIpc) is 3.87. The summed E-state index contributed by atoms with van der Waals surface area (Å²) in [5, 5.41) is 13.7. The summed E-state index contributed by atoms with van der Waals surface area (Å²) in [6.07, 6.45) is 8.85. The van der Waals surface area contributed by atoms with Crippen LogP contribution in [-0.4, -0.2) is 88.9 Å². The van der Waals surface area contributed by atoms with Crippen LogP contribution in [0.25, 0.3) is 16.7 Å². The van der Waals surface area contributed by atoms with Crippen molar-refractivity contribution in [1.82, 2.24) is 43.7 Å². The predicted molar refractivity (Wildman–Crippen MR) is 201 cm³/mol. The number of hydrogen-bond donors (Lipinski definition) is 2. The molecule has 1 unspecified atom stereocenters. The van der Waals surface area contributed by atoms with E-state index in [0.717, 1.165) is 63.8 Å². The number of imidazole rings is 1. The maximum Gasteiger partial charge on any atom is 0.329 e. The number of nitrogens with one attached hydrogen (secondary N) is 2. The summed E-state index contributed by atoms with van der Waals surface area (Å²) in [6, 6.07) is 4.87. The largest absolute Gasteiger partial charge is 0.370 e. The summed E-state index contributed by atoms with van der Waals surface area (Å²) >= 11 is 6.68. The van der Waals surface area contributed by atoms with Gasteiger partial charge in [0.15, 0.2) is 11.3 Å². The summed E-state index contributed by atoms with van der Waals surface area (Å²) < 4.78 is 34.1. The average molecular weight is 778 g/mol. The first-order valence-corrected chi connectivity index (χ1v) is 19.0. The zero-order valence-electron chi connectivity index (χ0n) is 30.5. The Balaban J connectivity index is 0.878. The van der Waals surface area contributed by atoms with E-state index in [1.165, 1.54) is 27.7 Å². The monoisotopic (exact) mass is 777 g/mol. The fraction of sp³-hybridized carbons (Fsp3) is 0.486. The van der Waals surface area contributed by atoms with Gasteiger partial charge in [-0.2, -0.15) is 10.2 Å². The number of anilines is 2. The number of aryl methyl sites for hydroxylation is 1. The van der Waals surface area contributed by atoms with Crippen LogP contribution in [0.3, 0.4) is 0 Å². The van der Waals surface area contributed by atoms with Crippen molar-refractivity contribution >= 4 is 57.4 Å². The number of nitrogens with zero attached hydrogens (tertiary/aromatic N) is 9. The summed E-state index contributed by atoms with van der Waals surface area (Å²) in [7, 11) is 3.85. The first-order chi connectivity index (χ1) is 26.5. The smallest absolute Gasteiger partial charge is 0.329 e. The lowest BCUT2D eigenvalue weighted by Crippen LogP contribution is -2.45. The third-order valence-electron chi connectivity index (χ3n) is 11.6. The van der Waals surface area contributed by atoms with E-state index in [9.17, 15) is 28.0 Å². The topological polar surface area (TPSA) is 157 Å². The maximum atomic E-state index is 14.1. The van der Waals surface area contributed by atoms with Gasteiger partial charge in [0.05, 0.1) is 39.7 Å². The fourth-order valence-corrected chi connectivity index (χ4v) is 8.90. The molecule has 0 spiro atoms. The number of piperidine rings is 2. The molecule has 290 valence electrons. The van der Waals surface area contributed by atoms with E-state index < -0.39 is 30.0 Å². The van der Waals surface area contributed by atoms with Crippen molar-refractivity contribution in [3.8, 4) is 0 Å². The summed E-state index contributed by atoms with van der Waals surface area (Å²) in [6.45, 7) is 2.46. The van der Waals surface area contributed by atoms with Crippen LogP contribution in [0.15, 0.2) is 47.8 Å². The first kappa shape index (κ1) is 36.8. The molecular formula is C37H42ClF2N11O4. The van der Waals surface area contributed by atoms with Gasteiger partial charge in [-0.3, -0.25) is 33.5 Å². The molecule has 2 N–H and O–H groups in total. The minimum Gasteiger partial charge on any atom is -0.370 e. The normalized spacial score (nSPS) is 21.3. The Kier molecular flexibility index (Phi) is 9.92. The number of aromatic nitrogens is 7. The van der Waals surface area contributed by atoms with E-state index >= 15 is 0 Å². The molecule has 0 bridgehead atoms. The van der Waals surface area contributed by atoms with Crippen molar-refractivity contribution in [2.75, 3.05) is 36.9 Å². The highest BCUT2D eigenvalue weighted by atomic mass is 35.5. The Morgan fingerprint density at radius 1 is 1.07 bits per heavy atom. The van der Waals surface area contributed by atoms with Crippen LogP contribution in [0.5, 0.6) is 0 Å². The number of halogens is 3. The maximum absolute atomic E-state index is 14.1. The van der Waals surface area contributed by atoms with Crippen LogP contribution in [0.2, 0.25) is 5.02 Å². The number of benzene rings is 1. The van der Waals surface area contributed by atoms with E-state index in [4.69, 9.17) is 11.6 Å². The van der Waals surface area contributed by atoms with Gasteiger partial charge < -0.3 is 15.1 Å². The lowest BCUT2D eigenvalue weighted by atomic mass is 9.85. The SMILES string of the molecule is CN(C[C@H]1CC[C@H](n2cc(NC(=O)c3cnn4cccnc34)c(C(F)F)n2)CC1)C1CCN(c2ccc(Cl)c3c2n(C)c(=O)n3C2CCC(=O)NC2=O)CC1. The van der Waals surface area contributed by atoms with E-state index in [2.05, 4.69) is 42.7 Å². The van der Waals surface area contributed by atoms with Crippen molar-refractivity contribution < 1.29 is 23.2 Å². The second-order valence-electron chi connectivity index (χ2n) is 14.9. The molecule has 0 radical (unpaired) electrons. The number of imide groups is 1. The molecule has 1 aromatic carbocycles. The molecule has 1 saturated carbocycles. The molecule has 6 heterocycles. The van der Waals surface area contributed by atoms with Gasteiger partial charge >= 0.3 is 5.69 Å². The molecule has 8 rings (SSSR count). The van der Waals surface area contributed by atoms with Crippen molar-refractivity contribution in [2.24, 2.45) is 13.0 Å². The minimum atomic E-state index is -2.86. The first-order valence-electron chi connectivity index (χ1n) is 18.6. The fourth-order valence-electron chi connectivity index (χ4n) is 8.65. The number of hydrogen-bond acceptors (Lipinski definition) is 9. The van der Waals surface area contributed by atoms with Gasteiger partial charge in [-0.05, 0) is 76.1 Å². The van der Waals surface area contributed by atoms with Crippen molar-refractivity contribution in [1.29, 1.82) is 0 Å². The Labute approximate surface area is 319 Å². The molecular weight excluding hydrogens is 736 g/mol. The standard InChI is InChI=1S/C37H42ClF2N11O4/c1-46(22-12-16-48(17-13-22)27-9-8-25(38)31-32(27)47(2)37(55)51(31)28-10-11-29(52)44-36(28)54)19-21-4-6-23(7-5-21)50-20-26(30(45-50)33(39)40)43-35(53)24-18-42-49-15-3-14-41-34(24)49/h3,8-9,14-15,18,20-23,28,33H,4-7,10-13,16-17,19H2,1-2H3,(H,43,53)(H,44,52,54)/t21-,23-,28?. The predicted octanol–water partition coefficient (Wildman–Crippen LogP) is 4.73. The van der Waals surface area contributed by atoms with Crippen LogP contribution in [0.4, 0.5) is 20.2 Å². The van der Waals surface area contributed by atoms with Gasteiger partial charge in [0, 0.05) is 57.7 Å². The van der Waals surface area contributed by atoms with Crippen LogP contribution < -0.4 is 21.2 Å². The molecule has 3 amide bonds. The van der Waals surface area contributed by atoms with Crippen LogP contribution >= 0.6 is 11.6 Å². The number of carbonyl (C=O) groups excluding carboxylic acids is 3. The molecule has 3 aliphatic rings. The molecule has 4 aromatic heterocycles. The third-order valence-corrected chi connectivity index (χ3v) is 11.9. The number of amides is 3. The molecule has 2 aliphatic heterocycles. The van der Waals surface area contributed by atoms with Gasteiger partial charge in [0.2, 0.25) is 11.8 Å². The Hall–Kier alpha value is -5.16. The highest BCUT2D eigenvalue weighted by Crippen LogP contribution is 2.38. The summed E-state index contributed by atoms with van der Waals surface area (Å²) in [5.74, 6) is -0.979. The van der Waals surface area contributed by atoms with Crippen molar-refractivity contribution in [3.63, 3.8) is 0 Å². The highest BCUT2D eigenvalue weighted by molar-refractivity contribution is 6.35. The molecule has 15 nitrogen and oxygen atoms in total. The Bertz CT molecular complexity index is 2340. The number of rotatable bonds is 9. The van der Waals surface area contributed by atoms with Gasteiger partial charge in [0.1, 0.15) is 11.6 Å². The quantitative estimate of drug-likeness (QED) is 0.202. The van der Waals surface area contributed by atoms with Gasteiger partial charge in [-0.15, -0.1) is 0 Å². The Morgan fingerprint density at radius 2 is 1.84 bits per heavy atom. The second-order valence-corrected chi connectivity index (χ2v) is 15.3. The van der Waals surface area contributed by atoms with Gasteiger partial charge in [0.25, 0.3) is 12.3 Å². The molecule has 2 saturated heterocycles. The van der Waals surface area contributed by atoms with Crippen LogP contribution in [0, 0.1) is 5.92 Å². The molecule has 18 heteroatoms.